The van der Waals surface area contributed by atoms with Crippen LogP contribution >= 0.6 is 0 Å². The zero-order valence-corrected chi connectivity index (χ0v) is 19.1. The molecule has 4 rings (SSSR count). The van der Waals surface area contributed by atoms with Crippen LogP contribution in [0.1, 0.15) is 37.3 Å². The Labute approximate surface area is 197 Å². The van der Waals surface area contributed by atoms with Gasteiger partial charge in [0.2, 0.25) is 11.7 Å². The number of hydrogen-bond donors (Lipinski definition) is 5. The Morgan fingerprint density at radius 1 is 1.24 bits per heavy atom. The van der Waals surface area contributed by atoms with E-state index in [0.29, 0.717) is 18.4 Å². The van der Waals surface area contributed by atoms with Gasteiger partial charge in [-0.3, -0.25) is 4.79 Å². The Morgan fingerprint density at radius 2 is 1.97 bits per heavy atom. The maximum atomic E-state index is 13.1. The molecule has 1 aliphatic carbocycles. The molecule has 8 atom stereocenters. The number of esters is 1. The van der Waals surface area contributed by atoms with Gasteiger partial charge in [0.25, 0.3) is 0 Å². The molecule has 0 radical (unpaired) electrons. The van der Waals surface area contributed by atoms with E-state index in [0.717, 1.165) is 0 Å². The number of carbonyl (C=O) groups is 2. The molecular weight excluding hydrogens is 446 g/mol. The third-order valence-corrected chi connectivity index (χ3v) is 7.66. The number of ether oxygens (including phenoxy) is 3. The van der Waals surface area contributed by atoms with Crippen LogP contribution < -0.4 is 5.32 Å². The monoisotopic (exact) mass is 479 g/mol. The number of rotatable bonds is 6. The van der Waals surface area contributed by atoms with Crippen LogP contribution in [-0.4, -0.2) is 82.8 Å². The van der Waals surface area contributed by atoms with Crippen molar-refractivity contribution in [2.45, 2.75) is 55.3 Å². The summed E-state index contributed by atoms with van der Waals surface area (Å²) >= 11 is 0. The SMILES string of the molecule is COC(=O)[C@H](NC(=O)[C@H]1CC[C@H]2[C@@H](C1)O[C@@]1(C[C@H](O)[C@H](CO)CO1)[C@]2(O)CO)c1ccccc1. The van der Waals surface area contributed by atoms with E-state index in [-0.39, 0.29) is 32.0 Å². The minimum atomic E-state index is -1.75. The molecule has 5 N–H and O–H groups in total. The minimum Gasteiger partial charge on any atom is -0.467 e. The average molecular weight is 480 g/mol. The first kappa shape index (κ1) is 25.0. The predicted octanol–water partition coefficient (Wildman–Crippen LogP) is -0.359. The molecule has 188 valence electrons. The van der Waals surface area contributed by atoms with E-state index in [1.807, 2.05) is 6.07 Å². The van der Waals surface area contributed by atoms with Crippen molar-refractivity contribution in [3.05, 3.63) is 35.9 Å². The molecule has 0 bridgehead atoms. The lowest BCUT2D eigenvalue weighted by atomic mass is 9.69. The fourth-order valence-corrected chi connectivity index (χ4v) is 5.62. The summed E-state index contributed by atoms with van der Waals surface area (Å²) in [5.74, 6) is -4.03. The van der Waals surface area contributed by atoms with Crippen LogP contribution in [0.3, 0.4) is 0 Å². The molecule has 1 saturated carbocycles. The number of amides is 1. The van der Waals surface area contributed by atoms with Crippen molar-refractivity contribution in [1.82, 2.24) is 5.32 Å². The molecule has 3 fully saturated rings. The van der Waals surface area contributed by atoms with Crippen molar-refractivity contribution in [2.75, 3.05) is 26.9 Å². The van der Waals surface area contributed by atoms with E-state index in [9.17, 15) is 30.0 Å². The van der Waals surface area contributed by atoms with Crippen molar-refractivity contribution in [1.29, 1.82) is 0 Å². The van der Waals surface area contributed by atoms with Gasteiger partial charge in [-0.2, -0.15) is 0 Å². The minimum absolute atomic E-state index is 0.0266. The molecule has 1 aromatic carbocycles. The lowest BCUT2D eigenvalue weighted by Gasteiger charge is -2.47. The Bertz CT molecular complexity index is 882. The summed E-state index contributed by atoms with van der Waals surface area (Å²) in [6.07, 6.45) is -0.600. The molecule has 0 aromatic heterocycles. The summed E-state index contributed by atoms with van der Waals surface area (Å²) in [6.45, 7) is -0.923. The number of aliphatic hydroxyl groups excluding tert-OH is 3. The summed E-state index contributed by atoms with van der Waals surface area (Å²) < 4.78 is 16.9. The van der Waals surface area contributed by atoms with Crippen molar-refractivity contribution >= 4 is 11.9 Å². The second kappa shape index (κ2) is 9.88. The summed E-state index contributed by atoms with van der Waals surface area (Å²) in [5.41, 5.74) is -1.15. The molecule has 10 heteroatoms. The van der Waals surface area contributed by atoms with Gasteiger partial charge in [0.15, 0.2) is 6.04 Å². The number of nitrogens with one attached hydrogen (secondary N) is 1. The third kappa shape index (κ3) is 4.23. The lowest BCUT2D eigenvalue weighted by molar-refractivity contribution is -0.334. The van der Waals surface area contributed by atoms with Crippen molar-refractivity contribution in [3.63, 3.8) is 0 Å². The maximum Gasteiger partial charge on any atom is 0.333 e. The fraction of sp³-hybridized carbons (Fsp3) is 0.667. The van der Waals surface area contributed by atoms with Crippen LogP contribution in [0.5, 0.6) is 0 Å². The number of fused-ring (bicyclic) bond motifs is 1. The van der Waals surface area contributed by atoms with Gasteiger partial charge in [0.1, 0.15) is 5.60 Å². The van der Waals surface area contributed by atoms with Gasteiger partial charge in [-0.15, -0.1) is 0 Å². The van der Waals surface area contributed by atoms with Crippen LogP contribution in [0, 0.1) is 17.8 Å². The topological polar surface area (TPSA) is 155 Å². The normalized spacial score (nSPS) is 38.2. The molecule has 2 aliphatic heterocycles. The first-order chi connectivity index (χ1) is 16.3. The van der Waals surface area contributed by atoms with Crippen molar-refractivity contribution in [3.8, 4) is 0 Å². The predicted molar refractivity (Wildman–Crippen MR) is 117 cm³/mol. The lowest BCUT2D eigenvalue weighted by Crippen LogP contribution is -2.63. The van der Waals surface area contributed by atoms with Gasteiger partial charge in [-0.25, -0.2) is 4.79 Å². The molecule has 1 spiro atoms. The maximum absolute atomic E-state index is 13.1. The van der Waals surface area contributed by atoms with E-state index in [1.165, 1.54) is 7.11 Å². The number of benzene rings is 1. The molecule has 2 saturated heterocycles. The molecule has 1 aromatic rings. The van der Waals surface area contributed by atoms with Crippen molar-refractivity contribution < 1.29 is 44.2 Å². The van der Waals surface area contributed by atoms with E-state index in [2.05, 4.69) is 5.32 Å². The Balaban J connectivity index is 1.49. The van der Waals surface area contributed by atoms with Gasteiger partial charge in [0, 0.05) is 24.2 Å². The largest absolute Gasteiger partial charge is 0.467 e. The second-order valence-corrected chi connectivity index (χ2v) is 9.51. The van der Waals surface area contributed by atoms with Crippen molar-refractivity contribution in [2.24, 2.45) is 17.8 Å². The molecule has 1 amide bonds. The van der Waals surface area contributed by atoms with Crippen LogP contribution in [-0.2, 0) is 23.8 Å². The van der Waals surface area contributed by atoms with E-state index < -0.39 is 60.0 Å². The first-order valence-corrected chi connectivity index (χ1v) is 11.7. The smallest absolute Gasteiger partial charge is 0.333 e. The van der Waals surface area contributed by atoms with Gasteiger partial charge in [0.05, 0.1) is 39.1 Å². The molecule has 0 unspecified atom stereocenters. The van der Waals surface area contributed by atoms with E-state index >= 15 is 0 Å². The highest BCUT2D eigenvalue weighted by Crippen LogP contribution is 2.54. The van der Waals surface area contributed by atoms with Gasteiger partial charge in [-0.05, 0) is 24.8 Å². The molecular formula is C24H33NO9. The summed E-state index contributed by atoms with van der Waals surface area (Å²) in [6, 6.07) is 7.86. The average Bonchev–Trinajstić information content (AvgIpc) is 3.09. The van der Waals surface area contributed by atoms with Crippen LogP contribution in [0.25, 0.3) is 0 Å². The van der Waals surface area contributed by atoms with E-state index in [1.54, 1.807) is 24.3 Å². The first-order valence-electron chi connectivity index (χ1n) is 11.7. The highest BCUT2D eigenvalue weighted by molar-refractivity contribution is 5.86. The summed E-state index contributed by atoms with van der Waals surface area (Å²) in [7, 11) is 1.26. The zero-order chi connectivity index (χ0) is 24.5. The fourth-order valence-electron chi connectivity index (χ4n) is 5.62. The number of aliphatic hydroxyl groups is 4. The number of methoxy groups -OCH3 is 1. The number of carbonyl (C=O) groups excluding carboxylic acids is 2. The summed E-state index contributed by atoms with van der Waals surface area (Å²) in [4.78, 5) is 25.5. The molecule has 10 nitrogen and oxygen atoms in total. The van der Waals surface area contributed by atoms with Crippen LogP contribution in [0.15, 0.2) is 30.3 Å². The second-order valence-electron chi connectivity index (χ2n) is 9.51. The Hall–Kier alpha value is -2.08. The highest BCUT2D eigenvalue weighted by atomic mass is 16.7. The Morgan fingerprint density at radius 3 is 2.59 bits per heavy atom. The van der Waals surface area contributed by atoms with E-state index in [4.69, 9.17) is 14.2 Å². The number of hydrogen-bond acceptors (Lipinski definition) is 9. The Kier molecular flexibility index (Phi) is 7.28. The quantitative estimate of drug-likeness (QED) is 0.344. The highest BCUT2D eigenvalue weighted by Gasteiger charge is 2.68. The van der Waals surface area contributed by atoms with Crippen LogP contribution in [0.2, 0.25) is 0 Å². The zero-order valence-electron chi connectivity index (χ0n) is 19.1. The van der Waals surface area contributed by atoms with Gasteiger partial charge >= 0.3 is 5.97 Å². The molecule has 3 aliphatic rings. The van der Waals surface area contributed by atoms with Gasteiger partial charge < -0.3 is 40.0 Å². The van der Waals surface area contributed by atoms with Crippen LogP contribution in [0.4, 0.5) is 0 Å². The molecule has 2 heterocycles. The molecule has 34 heavy (non-hydrogen) atoms. The third-order valence-electron chi connectivity index (χ3n) is 7.66. The summed E-state index contributed by atoms with van der Waals surface area (Å²) in [5, 5.41) is 44.2. The van der Waals surface area contributed by atoms with Gasteiger partial charge in [-0.1, -0.05) is 30.3 Å². The standard InChI is InChI=1S/C24H33NO9/c1-32-22(30)20(14-5-3-2-4-6-14)25-21(29)15-7-8-17-19(9-15)34-24(23(17,31)13-27)10-18(28)16(11-26)12-33-24/h2-6,15-20,26-28,31H,7-13H2,1H3,(H,25,29)/t15-,16+,17-,18-,19+,20+,23-,24-/m0/s1.